The quantitative estimate of drug-likeness (QED) is 0.308. The van der Waals surface area contributed by atoms with Crippen LogP contribution in [0.25, 0.3) is 0 Å². The topological polar surface area (TPSA) is 57.5 Å². The van der Waals surface area contributed by atoms with E-state index in [9.17, 15) is 9.90 Å². The zero-order valence-corrected chi connectivity index (χ0v) is 20.1. The molecule has 0 saturated carbocycles. The first-order chi connectivity index (χ1) is 14.2. The van der Waals surface area contributed by atoms with E-state index < -0.39 is 5.97 Å². The normalized spacial score (nSPS) is 21.6. The van der Waals surface area contributed by atoms with Crippen LogP contribution in [0.5, 0.6) is 0 Å². The number of carbonyl (C=O) groups is 1. The Labute approximate surface area is 184 Å². The number of hydrogen-bond acceptors (Lipinski definition) is 2. The largest absolute Gasteiger partial charge is 0.481 e. The van der Waals surface area contributed by atoms with Gasteiger partial charge in [-0.3, -0.25) is 4.79 Å². The van der Waals surface area contributed by atoms with Crippen molar-refractivity contribution in [1.29, 1.82) is 0 Å². The summed E-state index contributed by atoms with van der Waals surface area (Å²) in [5, 5.41) is 19.4. The Kier molecular flexibility index (Phi) is 12.0. The average Bonchev–Trinajstić information content (AvgIpc) is 2.70. The molecule has 0 aromatic rings. The second-order valence-electron chi connectivity index (χ2n) is 8.97. The Balaban J connectivity index is 2.57. The highest BCUT2D eigenvalue weighted by molar-refractivity contribution is 5.69. The molecule has 2 N–H and O–H groups in total. The maximum atomic E-state index is 10.9. The monoisotopic (exact) mass is 416 g/mol. The third-order valence-electron chi connectivity index (χ3n) is 6.57. The summed E-state index contributed by atoms with van der Waals surface area (Å²) < 4.78 is 0. The fourth-order valence-corrected chi connectivity index (χ4v) is 4.34. The first-order valence-electron chi connectivity index (χ1n) is 11.9. The minimum atomic E-state index is -0.706. The molecule has 0 amide bonds. The molecule has 3 nitrogen and oxygen atoms in total. The van der Waals surface area contributed by atoms with Gasteiger partial charge in [-0.05, 0) is 82.8 Å². The van der Waals surface area contributed by atoms with E-state index in [0.717, 1.165) is 51.4 Å². The lowest BCUT2D eigenvalue weighted by Gasteiger charge is -2.29. The number of allylic oxidation sites excluding steroid dienone is 6. The van der Waals surface area contributed by atoms with Gasteiger partial charge < -0.3 is 10.2 Å². The molecule has 0 bridgehead atoms. The molecule has 3 atom stereocenters. The van der Waals surface area contributed by atoms with Crippen LogP contribution in [-0.2, 0) is 4.79 Å². The first-order valence-corrected chi connectivity index (χ1v) is 11.9. The summed E-state index contributed by atoms with van der Waals surface area (Å²) in [4.78, 5) is 10.9. The van der Waals surface area contributed by atoms with Gasteiger partial charge in [0.2, 0.25) is 0 Å². The molecule has 170 valence electrons. The van der Waals surface area contributed by atoms with Gasteiger partial charge in [-0.2, -0.15) is 0 Å². The molecule has 3 heteroatoms. The minimum Gasteiger partial charge on any atom is -0.481 e. The van der Waals surface area contributed by atoms with Crippen LogP contribution in [0.2, 0.25) is 0 Å². The maximum absolute atomic E-state index is 10.9. The molecule has 1 aliphatic carbocycles. The zero-order valence-electron chi connectivity index (χ0n) is 20.1. The smallest absolute Gasteiger partial charge is 0.306 e. The predicted octanol–water partition coefficient (Wildman–Crippen LogP) is 7.38. The van der Waals surface area contributed by atoms with Crippen molar-refractivity contribution >= 4 is 5.97 Å². The lowest BCUT2D eigenvalue weighted by molar-refractivity contribution is -0.141. The molecule has 0 aromatic heterocycles. The van der Waals surface area contributed by atoms with Crippen LogP contribution < -0.4 is 0 Å². The minimum absolute atomic E-state index is 0.210. The Hall–Kier alpha value is -1.61. The third kappa shape index (κ3) is 8.63. The Bertz CT molecular complexity index is 678. The van der Waals surface area contributed by atoms with E-state index in [1.54, 1.807) is 6.92 Å². The van der Waals surface area contributed by atoms with Crippen LogP contribution in [0, 0.1) is 11.8 Å². The van der Waals surface area contributed by atoms with E-state index in [0.29, 0.717) is 6.42 Å². The number of aliphatic carboxylic acids is 1. The van der Waals surface area contributed by atoms with Crippen molar-refractivity contribution in [3.63, 3.8) is 0 Å². The van der Waals surface area contributed by atoms with Gasteiger partial charge >= 0.3 is 5.97 Å². The molecule has 0 fully saturated rings. The van der Waals surface area contributed by atoms with E-state index >= 15 is 0 Å². The van der Waals surface area contributed by atoms with Crippen LogP contribution in [0.3, 0.4) is 0 Å². The van der Waals surface area contributed by atoms with Gasteiger partial charge in [-0.1, -0.05) is 62.6 Å². The van der Waals surface area contributed by atoms with Gasteiger partial charge in [-0.25, -0.2) is 0 Å². The van der Waals surface area contributed by atoms with Crippen molar-refractivity contribution in [2.24, 2.45) is 11.8 Å². The van der Waals surface area contributed by atoms with E-state index in [4.69, 9.17) is 5.11 Å². The van der Waals surface area contributed by atoms with Gasteiger partial charge in [0.1, 0.15) is 0 Å². The molecule has 0 spiro atoms. The van der Waals surface area contributed by atoms with E-state index in [1.165, 1.54) is 27.9 Å². The van der Waals surface area contributed by atoms with Crippen LogP contribution in [0.4, 0.5) is 0 Å². The number of aliphatic hydroxyl groups excluding tert-OH is 1. The summed E-state index contributed by atoms with van der Waals surface area (Å²) in [6.07, 6.45) is 15.3. The standard InChI is InChI=1S/C27H44O3/c1-7-11-23(15-10-13-19(3)12-9-14-20(4)27(29)30)16-17-25-21(5)24(8-2)18-26(28)22(25)6/h11-12,18,20,22,26,28H,7-10,13-17H2,1-6H3,(H,29,30)/b19-12+,23-11-. The Morgan fingerprint density at radius 3 is 2.50 bits per heavy atom. The van der Waals surface area contributed by atoms with Gasteiger partial charge in [0.05, 0.1) is 12.0 Å². The zero-order chi connectivity index (χ0) is 22.7. The highest BCUT2D eigenvalue weighted by Crippen LogP contribution is 2.35. The second kappa shape index (κ2) is 13.6. The van der Waals surface area contributed by atoms with Crippen LogP contribution in [0.1, 0.15) is 99.3 Å². The molecule has 0 aliphatic heterocycles. The van der Waals surface area contributed by atoms with E-state index in [1.807, 2.05) is 6.08 Å². The number of carboxylic acids is 1. The van der Waals surface area contributed by atoms with E-state index in [2.05, 4.69) is 46.8 Å². The summed E-state index contributed by atoms with van der Waals surface area (Å²) in [6, 6.07) is 0. The molecule has 0 aromatic carbocycles. The highest BCUT2D eigenvalue weighted by Gasteiger charge is 2.24. The maximum Gasteiger partial charge on any atom is 0.306 e. The molecule has 1 aliphatic rings. The first kappa shape index (κ1) is 26.4. The van der Waals surface area contributed by atoms with Gasteiger partial charge in [0.15, 0.2) is 0 Å². The Morgan fingerprint density at radius 2 is 1.90 bits per heavy atom. The molecular formula is C27H44O3. The number of rotatable bonds is 13. The average molecular weight is 417 g/mol. The van der Waals surface area contributed by atoms with Crippen molar-refractivity contribution in [3.05, 3.63) is 46.1 Å². The number of aliphatic hydroxyl groups is 1. The molecule has 1 rings (SSSR count). The lowest BCUT2D eigenvalue weighted by Crippen LogP contribution is -2.23. The molecule has 0 heterocycles. The van der Waals surface area contributed by atoms with Gasteiger partial charge in [-0.15, -0.1) is 0 Å². The third-order valence-corrected chi connectivity index (χ3v) is 6.57. The molecule has 0 radical (unpaired) electrons. The van der Waals surface area contributed by atoms with E-state index in [-0.39, 0.29) is 17.9 Å². The van der Waals surface area contributed by atoms with Crippen LogP contribution in [-0.4, -0.2) is 22.3 Å². The van der Waals surface area contributed by atoms with Crippen molar-refractivity contribution in [3.8, 4) is 0 Å². The Morgan fingerprint density at radius 1 is 1.20 bits per heavy atom. The lowest BCUT2D eigenvalue weighted by atomic mass is 9.79. The van der Waals surface area contributed by atoms with Crippen LogP contribution in [0.15, 0.2) is 46.1 Å². The summed E-state index contributed by atoms with van der Waals surface area (Å²) in [5.74, 6) is -0.765. The predicted molar refractivity (Wildman–Crippen MR) is 127 cm³/mol. The molecule has 0 saturated heterocycles. The summed E-state index contributed by atoms with van der Waals surface area (Å²) >= 11 is 0. The van der Waals surface area contributed by atoms with Crippen molar-refractivity contribution in [1.82, 2.24) is 0 Å². The molecule has 30 heavy (non-hydrogen) atoms. The second-order valence-corrected chi connectivity index (χ2v) is 8.97. The fourth-order valence-electron chi connectivity index (χ4n) is 4.34. The fraction of sp³-hybridized carbons (Fsp3) is 0.667. The number of carboxylic acid groups (broad SMARTS) is 1. The molecular weight excluding hydrogens is 372 g/mol. The van der Waals surface area contributed by atoms with Crippen molar-refractivity contribution in [2.75, 3.05) is 0 Å². The van der Waals surface area contributed by atoms with Crippen molar-refractivity contribution < 1.29 is 15.0 Å². The van der Waals surface area contributed by atoms with Crippen LogP contribution >= 0.6 is 0 Å². The summed E-state index contributed by atoms with van der Waals surface area (Å²) in [6.45, 7) is 12.7. The van der Waals surface area contributed by atoms with Crippen molar-refractivity contribution in [2.45, 2.75) is 105 Å². The SMILES string of the molecule is CC/C=C(/CCC/C(C)=C/CCC(C)C(=O)O)CCC1=C(C)C(CC)=CC(O)C1C. The number of hydrogen-bond donors (Lipinski definition) is 2. The van der Waals surface area contributed by atoms with Gasteiger partial charge in [0, 0.05) is 5.92 Å². The van der Waals surface area contributed by atoms with Gasteiger partial charge in [0.25, 0.3) is 0 Å². The summed E-state index contributed by atoms with van der Waals surface area (Å²) in [7, 11) is 0. The molecule has 3 unspecified atom stereocenters. The summed E-state index contributed by atoms with van der Waals surface area (Å²) in [5.41, 5.74) is 7.01. The highest BCUT2D eigenvalue weighted by atomic mass is 16.4.